The molecule has 182 valence electrons. The summed E-state index contributed by atoms with van der Waals surface area (Å²) < 4.78 is 0. The van der Waals surface area contributed by atoms with Crippen LogP contribution in [0.25, 0.3) is 11.1 Å². The van der Waals surface area contributed by atoms with E-state index in [0.29, 0.717) is 0 Å². The van der Waals surface area contributed by atoms with Gasteiger partial charge in [-0.2, -0.15) is 0 Å². The monoisotopic (exact) mass is 473 g/mol. The van der Waals surface area contributed by atoms with E-state index >= 15 is 0 Å². The second kappa shape index (κ2) is 13.0. The van der Waals surface area contributed by atoms with Gasteiger partial charge in [0.05, 0.1) is 0 Å². The van der Waals surface area contributed by atoms with Crippen molar-refractivity contribution in [3.8, 4) is 11.1 Å². The number of hydrogen-bond donors (Lipinski definition) is 0. The third-order valence-corrected chi connectivity index (χ3v) is 7.42. The van der Waals surface area contributed by atoms with Crippen molar-refractivity contribution in [2.45, 2.75) is 88.3 Å². The standard InChI is InChI=1S/C32H43NS/c1-6-8-10-23-33(24-11-9-7-2)29-13-12-14-31(25-29)34-30-21-17-27(18-22-30)26-15-19-28(20-16-26)32(3,4)5/h12-22,25H,6-11,23-24H2,1-5H3. The highest BCUT2D eigenvalue weighted by atomic mass is 32.2. The Balaban J connectivity index is 1.68. The number of unbranched alkanes of at least 4 members (excludes halogenated alkanes) is 4. The van der Waals surface area contributed by atoms with Gasteiger partial charge >= 0.3 is 0 Å². The van der Waals surface area contributed by atoms with Crippen LogP contribution in [0.1, 0.15) is 78.7 Å². The summed E-state index contributed by atoms with van der Waals surface area (Å²) in [6.07, 6.45) is 7.72. The second-order valence-corrected chi connectivity index (χ2v) is 11.5. The maximum atomic E-state index is 2.60. The van der Waals surface area contributed by atoms with E-state index in [0.717, 1.165) is 13.1 Å². The minimum atomic E-state index is 0.190. The Labute approximate surface area is 213 Å². The molecule has 0 atom stereocenters. The van der Waals surface area contributed by atoms with Crippen molar-refractivity contribution < 1.29 is 0 Å². The average Bonchev–Trinajstić information content (AvgIpc) is 2.83. The Morgan fingerprint density at radius 2 is 1.21 bits per heavy atom. The normalized spacial score (nSPS) is 11.6. The average molecular weight is 474 g/mol. The van der Waals surface area contributed by atoms with Gasteiger partial charge in [-0.1, -0.05) is 115 Å². The lowest BCUT2D eigenvalue weighted by Crippen LogP contribution is -2.25. The zero-order valence-corrected chi connectivity index (χ0v) is 22.8. The van der Waals surface area contributed by atoms with Crippen LogP contribution in [0.2, 0.25) is 0 Å². The summed E-state index contributed by atoms with van der Waals surface area (Å²) in [5.74, 6) is 0. The maximum Gasteiger partial charge on any atom is 0.0377 e. The summed E-state index contributed by atoms with van der Waals surface area (Å²) >= 11 is 1.86. The highest BCUT2D eigenvalue weighted by Crippen LogP contribution is 2.33. The zero-order chi connectivity index (χ0) is 24.4. The molecule has 0 unspecified atom stereocenters. The van der Waals surface area contributed by atoms with Gasteiger partial charge in [-0.15, -0.1) is 0 Å². The van der Waals surface area contributed by atoms with Crippen molar-refractivity contribution in [3.05, 3.63) is 78.4 Å². The van der Waals surface area contributed by atoms with Crippen LogP contribution < -0.4 is 4.90 Å². The molecule has 0 N–H and O–H groups in total. The van der Waals surface area contributed by atoms with Crippen LogP contribution in [0.5, 0.6) is 0 Å². The number of rotatable bonds is 12. The van der Waals surface area contributed by atoms with E-state index in [1.54, 1.807) is 0 Å². The van der Waals surface area contributed by atoms with Gasteiger partial charge in [-0.3, -0.25) is 0 Å². The molecular formula is C32H43NS. The van der Waals surface area contributed by atoms with E-state index in [-0.39, 0.29) is 5.41 Å². The van der Waals surface area contributed by atoms with Crippen molar-refractivity contribution in [1.82, 2.24) is 0 Å². The molecule has 0 saturated heterocycles. The van der Waals surface area contributed by atoms with Gasteiger partial charge in [0.15, 0.2) is 0 Å². The fraction of sp³-hybridized carbons (Fsp3) is 0.438. The second-order valence-electron chi connectivity index (χ2n) is 10.4. The van der Waals surface area contributed by atoms with Crippen molar-refractivity contribution in [2.24, 2.45) is 0 Å². The van der Waals surface area contributed by atoms with Crippen LogP contribution in [-0.2, 0) is 5.41 Å². The molecule has 0 spiro atoms. The molecule has 0 aliphatic heterocycles. The molecule has 0 amide bonds. The van der Waals surface area contributed by atoms with Crippen LogP contribution >= 0.6 is 11.8 Å². The summed E-state index contributed by atoms with van der Waals surface area (Å²) in [6.45, 7) is 13.7. The first kappa shape index (κ1) is 26.4. The minimum absolute atomic E-state index is 0.190. The van der Waals surface area contributed by atoms with Gasteiger partial charge in [0.1, 0.15) is 0 Å². The molecule has 0 aromatic heterocycles. The first-order chi connectivity index (χ1) is 16.4. The number of nitrogens with zero attached hydrogens (tertiary/aromatic N) is 1. The maximum absolute atomic E-state index is 2.60. The molecule has 0 aliphatic rings. The van der Waals surface area contributed by atoms with Gasteiger partial charge in [0.2, 0.25) is 0 Å². The molecule has 0 saturated carbocycles. The predicted octanol–water partition coefficient (Wildman–Crippen LogP) is 9.99. The fourth-order valence-electron chi connectivity index (χ4n) is 4.23. The van der Waals surface area contributed by atoms with Crippen LogP contribution in [0.15, 0.2) is 82.6 Å². The molecule has 2 heteroatoms. The molecule has 0 fully saturated rings. The number of hydrogen-bond acceptors (Lipinski definition) is 2. The van der Waals surface area contributed by atoms with Gasteiger partial charge in [-0.05, 0) is 65.3 Å². The van der Waals surface area contributed by atoms with Crippen LogP contribution in [0, 0.1) is 0 Å². The molecular weight excluding hydrogens is 430 g/mol. The van der Waals surface area contributed by atoms with E-state index in [4.69, 9.17) is 0 Å². The summed E-state index contributed by atoms with van der Waals surface area (Å²) in [7, 11) is 0. The lowest BCUT2D eigenvalue weighted by molar-refractivity contribution is 0.590. The molecule has 0 bridgehead atoms. The largest absolute Gasteiger partial charge is 0.372 e. The Bertz CT molecular complexity index is 973. The quantitative estimate of drug-likeness (QED) is 0.241. The SMILES string of the molecule is CCCCCN(CCCCC)c1cccc(Sc2ccc(-c3ccc(C(C)(C)C)cc3)cc2)c1. The minimum Gasteiger partial charge on any atom is -0.372 e. The molecule has 0 heterocycles. The summed E-state index contributed by atoms with van der Waals surface area (Å²) in [6, 6.07) is 27.1. The van der Waals surface area contributed by atoms with E-state index in [9.17, 15) is 0 Å². The van der Waals surface area contributed by atoms with Crippen LogP contribution in [-0.4, -0.2) is 13.1 Å². The van der Waals surface area contributed by atoms with E-state index in [1.165, 1.54) is 70.7 Å². The Morgan fingerprint density at radius 3 is 1.74 bits per heavy atom. The van der Waals surface area contributed by atoms with Gasteiger partial charge < -0.3 is 4.90 Å². The molecule has 0 radical (unpaired) electrons. The highest BCUT2D eigenvalue weighted by molar-refractivity contribution is 7.99. The first-order valence-electron chi connectivity index (χ1n) is 13.1. The molecule has 3 aromatic rings. The van der Waals surface area contributed by atoms with Crippen molar-refractivity contribution in [2.75, 3.05) is 18.0 Å². The molecule has 0 aliphatic carbocycles. The third-order valence-electron chi connectivity index (χ3n) is 6.42. The molecule has 3 rings (SSSR count). The van der Waals surface area contributed by atoms with Gasteiger partial charge in [0, 0.05) is 28.6 Å². The van der Waals surface area contributed by atoms with Crippen LogP contribution in [0.4, 0.5) is 5.69 Å². The van der Waals surface area contributed by atoms with E-state index in [1.807, 2.05) is 11.8 Å². The van der Waals surface area contributed by atoms with Gasteiger partial charge in [-0.25, -0.2) is 0 Å². The van der Waals surface area contributed by atoms with Crippen molar-refractivity contribution >= 4 is 17.4 Å². The van der Waals surface area contributed by atoms with Gasteiger partial charge in [0.25, 0.3) is 0 Å². The highest BCUT2D eigenvalue weighted by Gasteiger charge is 2.13. The Hall–Kier alpha value is -2.19. The lowest BCUT2D eigenvalue weighted by Gasteiger charge is -2.25. The van der Waals surface area contributed by atoms with E-state index in [2.05, 4.69) is 112 Å². The molecule has 34 heavy (non-hydrogen) atoms. The summed E-state index contributed by atoms with van der Waals surface area (Å²) in [5, 5.41) is 0. The number of anilines is 1. The molecule has 1 nitrogen and oxygen atoms in total. The van der Waals surface area contributed by atoms with Crippen molar-refractivity contribution in [1.29, 1.82) is 0 Å². The van der Waals surface area contributed by atoms with Crippen LogP contribution in [0.3, 0.4) is 0 Å². The Morgan fingerprint density at radius 1 is 0.647 bits per heavy atom. The first-order valence-corrected chi connectivity index (χ1v) is 14.0. The smallest absolute Gasteiger partial charge is 0.0377 e. The summed E-state index contributed by atoms with van der Waals surface area (Å²) in [4.78, 5) is 5.20. The molecule has 3 aromatic carbocycles. The summed E-state index contributed by atoms with van der Waals surface area (Å²) in [5.41, 5.74) is 5.49. The predicted molar refractivity (Wildman–Crippen MR) is 152 cm³/mol. The third kappa shape index (κ3) is 7.94. The zero-order valence-electron chi connectivity index (χ0n) is 21.9. The topological polar surface area (TPSA) is 3.24 Å². The van der Waals surface area contributed by atoms with Crippen molar-refractivity contribution in [3.63, 3.8) is 0 Å². The Kier molecular flexibility index (Phi) is 10.1. The fourth-order valence-corrected chi connectivity index (χ4v) is 5.10. The number of benzene rings is 3. The van der Waals surface area contributed by atoms with E-state index < -0.39 is 0 Å². The lowest BCUT2D eigenvalue weighted by atomic mass is 9.86.